The number of aliphatic hydroxyl groups excluding tert-OH is 1. The molecule has 38 heavy (non-hydrogen) atoms. The molecule has 2 aromatic carbocycles. The lowest BCUT2D eigenvalue weighted by atomic mass is 10.0. The fourth-order valence-electron chi connectivity index (χ4n) is 4.01. The van der Waals surface area contributed by atoms with Crippen molar-refractivity contribution < 1.29 is 19.5 Å². The van der Waals surface area contributed by atoms with Gasteiger partial charge in [-0.1, -0.05) is 48.5 Å². The SMILES string of the molecule is NCCN(CCN)C(=O)C[C@H](N)C(=O)N[C@H](C(=O)Nc1cnc2ccccc2c1)[C@H](O)Cc1ccccc1. The second-order valence-corrected chi connectivity index (χ2v) is 8.92. The summed E-state index contributed by atoms with van der Waals surface area (Å²) in [5.74, 6) is -1.77. The Bertz CT molecular complexity index is 1220. The van der Waals surface area contributed by atoms with Crippen LogP contribution in [-0.2, 0) is 20.8 Å². The summed E-state index contributed by atoms with van der Waals surface area (Å²) < 4.78 is 0. The Morgan fingerprint density at radius 1 is 0.947 bits per heavy atom. The zero-order valence-electron chi connectivity index (χ0n) is 21.1. The molecule has 3 rings (SSSR count). The van der Waals surface area contributed by atoms with Crippen molar-refractivity contribution in [1.82, 2.24) is 15.2 Å². The standard InChI is InChI=1S/C27H35N7O4/c28-10-12-34(13-11-29)24(36)16-21(30)26(37)33-25(23(35)14-18-6-2-1-3-7-18)27(38)32-20-15-19-8-4-5-9-22(19)31-17-20/h1-9,15,17,21,23,25,35H,10-14,16,28-30H2,(H,32,38)(H,33,37)/t21-,23+,25-/m0/s1. The first kappa shape index (κ1) is 28.7. The minimum Gasteiger partial charge on any atom is -0.390 e. The van der Waals surface area contributed by atoms with Gasteiger partial charge >= 0.3 is 0 Å². The molecule has 0 aliphatic heterocycles. The number of para-hydroxylation sites is 1. The molecule has 0 spiro atoms. The second kappa shape index (κ2) is 14.1. The van der Waals surface area contributed by atoms with Crippen LogP contribution in [0.25, 0.3) is 10.9 Å². The number of nitrogens with two attached hydrogens (primary N) is 3. The van der Waals surface area contributed by atoms with Crippen molar-refractivity contribution in [3.05, 3.63) is 72.4 Å². The highest BCUT2D eigenvalue weighted by Gasteiger charge is 2.31. The maximum atomic E-state index is 13.3. The first-order valence-corrected chi connectivity index (χ1v) is 12.4. The first-order valence-electron chi connectivity index (χ1n) is 12.4. The van der Waals surface area contributed by atoms with E-state index in [9.17, 15) is 19.5 Å². The Hall–Kier alpha value is -3.90. The van der Waals surface area contributed by atoms with E-state index >= 15 is 0 Å². The number of hydrogen-bond donors (Lipinski definition) is 6. The van der Waals surface area contributed by atoms with Crippen LogP contribution in [-0.4, -0.2) is 77.1 Å². The summed E-state index contributed by atoms with van der Waals surface area (Å²) in [6.45, 7) is 1.05. The largest absolute Gasteiger partial charge is 0.390 e. The third-order valence-electron chi connectivity index (χ3n) is 5.99. The van der Waals surface area contributed by atoms with Gasteiger partial charge in [-0.25, -0.2) is 0 Å². The van der Waals surface area contributed by atoms with E-state index in [1.54, 1.807) is 18.2 Å². The molecule has 0 aliphatic rings. The number of fused-ring (bicyclic) bond motifs is 1. The van der Waals surface area contributed by atoms with Gasteiger partial charge in [0.25, 0.3) is 0 Å². The van der Waals surface area contributed by atoms with Crippen LogP contribution in [0, 0.1) is 0 Å². The number of carbonyl (C=O) groups is 3. The van der Waals surface area contributed by atoms with Gasteiger partial charge in [0.1, 0.15) is 6.04 Å². The number of hydrogen-bond acceptors (Lipinski definition) is 8. The number of anilines is 1. The summed E-state index contributed by atoms with van der Waals surface area (Å²) in [5.41, 5.74) is 19.1. The molecule has 0 saturated carbocycles. The molecular formula is C27H35N7O4. The molecular weight excluding hydrogens is 486 g/mol. The molecule has 9 N–H and O–H groups in total. The molecule has 202 valence electrons. The van der Waals surface area contributed by atoms with Gasteiger partial charge in [-0.15, -0.1) is 0 Å². The number of aliphatic hydroxyl groups is 1. The number of aromatic nitrogens is 1. The Kier molecular flexibility index (Phi) is 10.7. The molecule has 0 fully saturated rings. The van der Waals surface area contributed by atoms with Crippen LogP contribution in [0.4, 0.5) is 5.69 Å². The molecule has 11 nitrogen and oxygen atoms in total. The van der Waals surface area contributed by atoms with Gasteiger partial charge in [0, 0.05) is 38.0 Å². The smallest absolute Gasteiger partial charge is 0.249 e. The zero-order valence-corrected chi connectivity index (χ0v) is 21.1. The molecule has 1 aromatic heterocycles. The molecule has 0 unspecified atom stereocenters. The minimum atomic E-state index is -1.35. The van der Waals surface area contributed by atoms with Crippen molar-refractivity contribution in [2.45, 2.75) is 31.0 Å². The second-order valence-electron chi connectivity index (χ2n) is 8.92. The van der Waals surface area contributed by atoms with Crippen LogP contribution in [0.2, 0.25) is 0 Å². The number of amides is 3. The summed E-state index contributed by atoms with van der Waals surface area (Å²) in [6.07, 6.45) is 0.0215. The highest BCUT2D eigenvalue weighted by atomic mass is 16.3. The van der Waals surface area contributed by atoms with Crippen molar-refractivity contribution in [2.24, 2.45) is 17.2 Å². The topological polar surface area (TPSA) is 190 Å². The van der Waals surface area contributed by atoms with Crippen molar-refractivity contribution in [3.8, 4) is 0 Å². The quantitative estimate of drug-likeness (QED) is 0.177. The number of carbonyl (C=O) groups excluding carboxylic acids is 3. The lowest BCUT2D eigenvalue weighted by Crippen LogP contribution is -2.56. The van der Waals surface area contributed by atoms with E-state index in [1.807, 2.05) is 42.5 Å². The Balaban J connectivity index is 1.75. The van der Waals surface area contributed by atoms with E-state index in [0.29, 0.717) is 5.69 Å². The predicted molar refractivity (Wildman–Crippen MR) is 146 cm³/mol. The van der Waals surface area contributed by atoms with Gasteiger partial charge in [-0.3, -0.25) is 19.4 Å². The predicted octanol–water partition coefficient (Wildman–Crippen LogP) is -0.275. The van der Waals surface area contributed by atoms with Gasteiger partial charge in [-0.2, -0.15) is 0 Å². The maximum absolute atomic E-state index is 13.3. The molecule has 0 radical (unpaired) electrons. The Labute approximate surface area is 221 Å². The number of nitrogens with one attached hydrogen (secondary N) is 2. The third kappa shape index (κ3) is 8.05. The van der Waals surface area contributed by atoms with E-state index in [-0.39, 0.29) is 44.9 Å². The lowest BCUT2D eigenvalue weighted by Gasteiger charge is -2.26. The summed E-state index contributed by atoms with van der Waals surface area (Å²) in [4.78, 5) is 44.6. The Morgan fingerprint density at radius 2 is 1.61 bits per heavy atom. The number of pyridine rings is 1. The molecule has 1 heterocycles. The lowest BCUT2D eigenvalue weighted by molar-refractivity contribution is -0.135. The number of rotatable bonds is 13. The van der Waals surface area contributed by atoms with Gasteiger partial charge in [0.15, 0.2) is 0 Å². The molecule has 0 saturated heterocycles. The zero-order chi connectivity index (χ0) is 27.5. The number of nitrogens with zero attached hydrogens (tertiary/aromatic N) is 2. The monoisotopic (exact) mass is 521 g/mol. The first-order chi connectivity index (χ1) is 18.3. The molecule has 3 amide bonds. The van der Waals surface area contributed by atoms with Crippen molar-refractivity contribution >= 4 is 34.3 Å². The molecule has 0 bridgehead atoms. The molecule has 3 atom stereocenters. The fourth-order valence-corrected chi connectivity index (χ4v) is 4.01. The summed E-state index contributed by atoms with van der Waals surface area (Å²) in [5, 5.41) is 17.1. The molecule has 0 aliphatic carbocycles. The highest BCUT2D eigenvalue weighted by Crippen LogP contribution is 2.17. The normalized spacial score (nSPS) is 13.4. The average Bonchev–Trinajstić information content (AvgIpc) is 2.91. The van der Waals surface area contributed by atoms with E-state index < -0.39 is 30.0 Å². The van der Waals surface area contributed by atoms with Gasteiger partial charge in [-0.05, 0) is 17.7 Å². The van der Waals surface area contributed by atoms with Crippen LogP contribution < -0.4 is 27.8 Å². The van der Waals surface area contributed by atoms with Crippen LogP contribution in [0.15, 0.2) is 66.9 Å². The summed E-state index contributed by atoms with van der Waals surface area (Å²) in [6, 6.07) is 15.6. The van der Waals surface area contributed by atoms with Crippen LogP contribution in [0.1, 0.15) is 12.0 Å². The average molecular weight is 522 g/mol. The van der Waals surface area contributed by atoms with E-state index in [1.165, 1.54) is 11.1 Å². The summed E-state index contributed by atoms with van der Waals surface area (Å²) in [7, 11) is 0. The number of benzene rings is 2. The van der Waals surface area contributed by atoms with Crippen molar-refractivity contribution in [3.63, 3.8) is 0 Å². The van der Waals surface area contributed by atoms with Gasteiger partial charge < -0.3 is 37.8 Å². The Morgan fingerprint density at radius 3 is 2.29 bits per heavy atom. The van der Waals surface area contributed by atoms with E-state index in [4.69, 9.17) is 17.2 Å². The van der Waals surface area contributed by atoms with Crippen molar-refractivity contribution in [1.29, 1.82) is 0 Å². The molecule has 3 aromatic rings. The van der Waals surface area contributed by atoms with Crippen LogP contribution >= 0.6 is 0 Å². The van der Waals surface area contributed by atoms with Crippen LogP contribution in [0.3, 0.4) is 0 Å². The fraction of sp³-hybridized carbons (Fsp3) is 0.333. The minimum absolute atomic E-state index is 0.101. The van der Waals surface area contributed by atoms with E-state index in [2.05, 4.69) is 15.6 Å². The molecule has 11 heteroatoms. The van der Waals surface area contributed by atoms with Gasteiger partial charge in [0.2, 0.25) is 17.7 Å². The maximum Gasteiger partial charge on any atom is 0.249 e. The summed E-state index contributed by atoms with van der Waals surface area (Å²) >= 11 is 0. The highest BCUT2D eigenvalue weighted by molar-refractivity contribution is 5.99. The van der Waals surface area contributed by atoms with Gasteiger partial charge in [0.05, 0.1) is 36.0 Å². The van der Waals surface area contributed by atoms with E-state index in [0.717, 1.165) is 16.5 Å². The van der Waals surface area contributed by atoms with Crippen molar-refractivity contribution in [2.75, 3.05) is 31.5 Å². The third-order valence-corrected chi connectivity index (χ3v) is 5.99. The van der Waals surface area contributed by atoms with Crippen LogP contribution in [0.5, 0.6) is 0 Å².